The number of nitrogens with two attached hydrogens (primary N) is 1. The molecule has 3 N–H and O–H groups in total. The third-order valence-electron chi connectivity index (χ3n) is 3.69. The summed E-state index contributed by atoms with van der Waals surface area (Å²) >= 11 is 0. The minimum absolute atomic E-state index is 0.0130. The van der Waals surface area contributed by atoms with E-state index in [0.717, 1.165) is 0 Å². The van der Waals surface area contributed by atoms with Crippen LogP contribution in [0.15, 0.2) is 0 Å². The van der Waals surface area contributed by atoms with E-state index in [1.54, 1.807) is 13.8 Å². The molecule has 106 valence electrons. The van der Waals surface area contributed by atoms with Gasteiger partial charge in [0, 0.05) is 18.0 Å². The summed E-state index contributed by atoms with van der Waals surface area (Å²) in [5.41, 5.74) is 5.60. The number of hydrogen-bond donors (Lipinski definition) is 2. The predicted molar refractivity (Wildman–Crippen MR) is 62.8 cm³/mol. The zero-order valence-electron chi connectivity index (χ0n) is 10.8. The van der Waals surface area contributed by atoms with E-state index < -0.39 is 12.1 Å². The average Bonchev–Trinajstić information content (AvgIpc) is 2.27. The number of carbonyl (C=O) groups excluding carboxylic acids is 1. The Balaban J connectivity index is 2.50. The van der Waals surface area contributed by atoms with Crippen molar-refractivity contribution in [3.05, 3.63) is 0 Å². The molecule has 0 saturated heterocycles. The second-order valence-electron chi connectivity index (χ2n) is 5.26. The van der Waals surface area contributed by atoms with Crippen LogP contribution in [0.4, 0.5) is 13.2 Å². The first kappa shape index (κ1) is 15.3. The van der Waals surface area contributed by atoms with Crippen molar-refractivity contribution in [3.8, 4) is 0 Å². The van der Waals surface area contributed by atoms with Gasteiger partial charge in [-0.3, -0.25) is 4.79 Å². The monoisotopic (exact) mass is 266 g/mol. The van der Waals surface area contributed by atoms with Crippen LogP contribution in [0.1, 0.15) is 39.5 Å². The summed E-state index contributed by atoms with van der Waals surface area (Å²) in [6.07, 6.45) is -2.89. The Bertz CT molecular complexity index is 292. The number of amides is 1. The minimum Gasteiger partial charge on any atom is -0.353 e. The lowest BCUT2D eigenvalue weighted by molar-refractivity contribution is -0.184. The van der Waals surface area contributed by atoms with E-state index in [-0.39, 0.29) is 36.8 Å². The second kappa shape index (κ2) is 5.91. The van der Waals surface area contributed by atoms with Crippen molar-refractivity contribution in [1.29, 1.82) is 0 Å². The van der Waals surface area contributed by atoms with Crippen LogP contribution in [0.25, 0.3) is 0 Å². The van der Waals surface area contributed by atoms with Gasteiger partial charge in [-0.2, -0.15) is 13.2 Å². The molecular formula is C12H21F3N2O. The lowest BCUT2D eigenvalue weighted by Crippen LogP contribution is -2.46. The molecule has 18 heavy (non-hydrogen) atoms. The number of rotatable bonds is 3. The maximum absolute atomic E-state index is 12.6. The summed E-state index contributed by atoms with van der Waals surface area (Å²) in [6.45, 7) is 3.40. The first-order valence-electron chi connectivity index (χ1n) is 6.34. The predicted octanol–water partition coefficient (Wildman–Crippen LogP) is 2.21. The zero-order valence-corrected chi connectivity index (χ0v) is 10.8. The molecule has 1 fully saturated rings. The lowest BCUT2D eigenvalue weighted by Gasteiger charge is -2.32. The van der Waals surface area contributed by atoms with E-state index in [4.69, 9.17) is 5.73 Å². The van der Waals surface area contributed by atoms with Gasteiger partial charge in [0.15, 0.2) is 0 Å². The van der Waals surface area contributed by atoms with Crippen LogP contribution in [0.5, 0.6) is 0 Å². The van der Waals surface area contributed by atoms with Crippen molar-refractivity contribution < 1.29 is 18.0 Å². The van der Waals surface area contributed by atoms with E-state index in [1.807, 2.05) is 0 Å². The summed E-state index contributed by atoms with van der Waals surface area (Å²) in [5, 5.41) is 2.68. The number of alkyl halides is 3. The maximum Gasteiger partial charge on any atom is 0.391 e. The maximum atomic E-state index is 12.6. The Morgan fingerprint density at radius 2 is 1.94 bits per heavy atom. The second-order valence-corrected chi connectivity index (χ2v) is 5.26. The van der Waals surface area contributed by atoms with Crippen molar-refractivity contribution in [3.63, 3.8) is 0 Å². The number of hydrogen-bond acceptors (Lipinski definition) is 2. The van der Waals surface area contributed by atoms with Crippen LogP contribution in [0.2, 0.25) is 0 Å². The molecule has 0 aromatic heterocycles. The van der Waals surface area contributed by atoms with Crippen LogP contribution < -0.4 is 11.1 Å². The Labute approximate surface area is 105 Å². The van der Waals surface area contributed by atoms with Gasteiger partial charge >= 0.3 is 6.18 Å². The van der Waals surface area contributed by atoms with E-state index in [9.17, 15) is 18.0 Å². The highest BCUT2D eigenvalue weighted by Crippen LogP contribution is 2.37. The van der Waals surface area contributed by atoms with Crippen LogP contribution in [0, 0.1) is 11.8 Å². The van der Waals surface area contributed by atoms with Crippen molar-refractivity contribution in [2.75, 3.05) is 0 Å². The molecule has 3 nitrogen and oxygen atoms in total. The Morgan fingerprint density at radius 1 is 1.33 bits per heavy atom. The van der Waals surface area contributed by atoms with Crippen molar-refractivity contribution >= 4 is 5.91 Å². The van der Waals surface area contributed by atoms with Gasteiger partial charge in [0.25, 0.3) is 0 Å². The molecule has 1 saturated carbocycles. The Morgan fingerprint density at radius 3 is 2.44 bits per heavy atom. The standard InChI is InChI=1S/C12H21F3N2O/c1-7(8(2)16)11(18)17-10-5-3-4-9(6-10)12(13,14)15/h7-10H,3-6,16H2,1-2H3,(H,17,18). The average molecular weight is 266 g/mol. The highest BCUT2D eigenvalue weighted by molar-refractivity contribution is 5.79. The highest BCUT2D eigenvalue weighted by atomic mass is 19.4. The van der Waals surface area contributed by atoms with E-state index in [1.165, 1.54) is 0 Å². The molecule has 0 aromatic rings. The van der Waals surface area contributed by atoms with Crippen LogP contribution in [0.3, 0.4) is 0 Å². The fraction of sp³-hybridized carbons (Fsp3) is 0.917. The Hall–Kier alpha value is -0.780. The van der Waals surface area contributed by atoms with Gasteiger partial charge in [-0.25, -0.2) is 0 Å². The minimum atomic E-state index is -4.16. The summed E-state index contributed by atoms with van der Waals surface area (Å²) in [5.74, 6) is -1.92. The third kappa shape index (κ3) is 4.15. The molecule has 1 rings (SSSR count). The molecule has 4 atom stereocenters. The molecule has 0 aliphatic heterocycles. The SMILES string of the molecule is CC(N)C(C)C(=O)NC1CCCC(C(F)(F)F)C1. The summed E-state index contributed by atoms with van der Waals surface area (Å²) in [7, 11) is 0. The van der Waals surface area contributed by atoms with Crippen LogP contribution >= 0.6 is 0 Å². The molecule has 1 aliphatic rings. The van der Waals surface area contributed by atoms with Crippen LogP contribution in [-0.4, -0.2) is 24.2 Å². The lowest BCUT2D eigenvalue weighted by atomic mass is 9.85. The van der Waals surface area contributed by atoms with Gasteiger partial charge < -0.3 is 11.1 Å². The zero-order chi connectivity index (χ0) is 13.9. The molecule has 6 heteroatoms. The highest BCUT2D eigenvalue weighted by Gasteiger charge is 2.42. The van der Waals surface area contributed by atoms with Crippen molar-refractivity contribution in [2.24, 2.45) is 17.6 Å². The molecule has 0 heterocycles. The fourth-order valence-electron chi connectivity index (χ4n) is 2.19. The molecule has 1 aliphatic carbocycles. The largest absolute Gasteiger partial charge is 0.391 e. The van der Waals surface area contributed by atoms with Gasteiger partial charge in [-0.15, -0.1) is 0 Å². The van der Waals surface area contributed by atoms with Gasteiger partial charge in [0.2, 0.25) is 5.91 Å². The van der Waals surface area contributed by atoms with Crippen molar-refractivity contribution in [1.82, 2.24) is 5.32 Å². The summed E-state index contributed by atoms with van der Waals surface area (Å²) < 4.78 is 37.8. The van der Waals surface area contributed by atoms with Gasteiger partial charge in [0.1, 0.15) is 0 Å². The molecule has 0 spiro atoms. The number of carbonyl (C=O) groups is 1. The van der Waals surface area contributed by atoms with E-state index >= 15 is 0 Å². The number of nitrogens with one attached hydrogen (secondary N) is 1. The van der Waals surface area contributed by atoms with Gasteiger partial charge in [-0.1, -0.05) is 13.3 Å². The first-order chi connectivity index (χ1) is 8.21. The van der Waals surface area contributed by atoms with Crippen LogP contribution in [-0.2, 0) is 4.79 Å². The van der Waals surface area contributed by atoms with Gasteiger partial charge in [-0.05, 0) is 26.2 Å². The molecule has 1 amide bonds. The molecular weight excluding hydrogens is 245 g/mol. The summed E-state index contributed by atoms with van der Waals surface area (Å²) in [4.78, 5) is 11.7. The first-order valence-corrected chi connectivity index (χ1v) is 6.34. The molecule has 0 radical (unpaired) electrons. The third-order valence-corrected chi connectivity index (χ3v) is 3.69. The number of halogens is 3. The fourth-order valence-corrected chi connectivity index (χ4v) is 2.19. The van der Waals surface area contributed by atoms with Gasteiger partial charge in [0.05, 0.1) is 5.92 Å². The molecule has 4 unspecified atom stereocenters. The topological polar surface area (TPSA) is 55.1 Å². The normalized spacial score (nSPS) is 28.6. The Kier molecular flexibility index (Phi) is 5.01. The molecule has 0 bridgehead atoms. The van der Waals surface area contributed by atoms with E-state index in [0.29, 0.717) is 12.8 Å². The summed E-state index contributed by atoms with van der Waals surface area (Å²) in [6, 6.07) is -0.675. The molecule has 0 aromatic carbocycles. The van der Waals surface area contributed by atoms with E-state index in [2.05, 4.69) is 5.32 Å². The quantitative estimate of drug-likeness (QED) is 0.823. The smallest absolute Gasteiger partial charge is 0.353 e. The van der Waals surface area contributed by atoms with Crippen molar-refractivity contribution in [2.45, 2.75) is 57.8 Å².